The van der Waals surface area contributed by atoms with Crippen molar-refractivity contribution in [1.82, 2.24) is 24.5 Å². The van der Waals surface area contributed by atoms with Crippen LogP contribution in [0.2, 0.25) is 0 Å². The van der Waals surface area contributed by atoms with Crippen molar-refractivity contribution in [3.05, 3.63) is 47.1 Å². The van der Waals surface area contributed by atoms with Gasteiger partial charge in [0.05, 0.1) is 27.2 Å². The minimum absolute atomic E-state index is 0.215. The molecule has 0 bridgehead atoms. The minimum atomic E-state index is -0.215. The fraction of sp³-hybridized carbons (Fsp3) is 0.222. The van der Waals surface area contributed by atoms with E-state index in [2.05, 4.69) is 15.5 Å². The van der Waals surface area contributed by atoms with Gasteiger partial charge in [-0.15, -0.1) is 11.3 Å². The molecule has 0 atom stereocenters. The third-order valence-corrected chi connectivity index (χ3v) is 5.09. The molecule has 4 aromatic rings. The number of amides is 1. The maximum absolute atomic E-state index is 13.0. The van der Waals surface area contributed by atoms with Crippen LogP contribution >= 0.6 is 11.3 Å². The number of rotatable bonds is 4. The molecule has 132 valence electrons. The Balaban J connectivity index is 1.82. The van der Waals surface area contributed by atoms with Crippen LogP contribution < -0.4 is 5.32 Å². The van der Waals surface area contributed by atoms with Gasteiger partial charge in [-0.1, -0.05) is 6.07 Å². The fourth-order valence-electron chi connectivity index (χ4n) is 2.96. The highest BCUT2D eigenvalue weighted by Gasteiger charge is 2.20. The lowest BCUT2D eigenvalue weighted by molar-refractivity contribution is 0.102. The van der Waals surface area contributed by atoms with E-state index in [-0.39, 0.29) is 5.91 Å². The van der Waals surface area contributed by atoms with Gasteiger partial charge in [-0.05, 0) is 31.4 Å². The molecule has 0 aliphatic heterocycles. The molecule has 4 heterocycles. The van der Waals surface area contributed by atoms with E-state index in [1.807, 2.05) is 50.7 Å². The Morgan fingerprint density at radius 1 is 1.31 bits per heavy atom. The predicted molar refractivity (Wildman–Crippen MR) is 102 cm³/mol. The summed E-state index contributed by atoms with van der Waals surface area (Å²) in [6.07, 6.45) is 1.84. The first-order valence-electron chi connectivity index (χ1n) is 8.30. The predicted octanol–water partition coefficient (Wildman–Crippen LogP) is 3.47. The third kappa shape index (κ3) is 2.78. The van der Waals surface area contributed by atoms with Crippen molar-refractivity contribution in [3.63, 3.8) is 0 Å². The van der Waals surface area contributed by atoms with Gasteiger partial charge in [0.2, 0.25) is 0 Å². The monoisotopic (exact) mass is 366 g/mol. The number of fused-ring (bicyclic) bond motifs is 1. The number of carbonyl (C=O) groups excluding carboxylic acids is 1. The molecule has 0 saturated heterocycles. The van der Waals surface area contributed by atoms with Gasteiger partial charge in [-0.2, -0.15) is 10.2 Å². The molecule has 0 unspecified atom stereocenters. The number of aryl methyl sites for hydroxylation is 3. The number of nitrogens with one attached hydrogen (secondary N) is 1. The maximum atomic E-state index is 13.0. The molecule has 26 heavy (non-hydrogen) atoms. The van der Waals surface area contributed by atoms with Crippen molar-refractivity contribution in [2.75, 3.05) is 5.32 Å². The average molecular weight is 366 g/mol. The van der Waals surface area contributed by atoms with Crippen LogP contribution in [0.15, 0.2) is 35.8 Å². The molecule has 0 aromatic carbocycles. The Morgan fingerprint density at radius 3 is 2.85 bits per heavy atom. The standard InChI is InChI=1S/C18H18N6OS/c1-4-24-8-7-15(22-24)20-18(25)12-10-13(14-6-5-9-26-14)19-17-16(12)11(2)21-23(17)3/h5-10H,4H2,1-3H3,(H,20,22,25). The van der Waals surface area contributed by atoms with Crippen LogP contribution in [0, 0.1) is 6.92 Å². The number of anilines is 1. The van der Waals surface area contributed by atoms with Crippen LogP contribution in [0.1, 0.15) is 23.0 Å². The van der Waals surface area contributed by atoms with Crippen molar-refractivity contribution < 1.29 is 4.79 Å². The molecule has 1 amide bonds. The number of hydrogen-bond donors (Lipinski definition) is 1. The minimum Gasteiger partial charge on any atom is -0.305 e. The van der Waals surface area contributed by atoms with Crippen molar-refractivity contribution in [3.8, 4) is 10.6 Å². The second kappa shape index (κ2) is 6.38. The Kier molecular flexibility index (Phi) is 4.04. The molecule has 0 saturated carbocycles. The molecule has 4 rings (SSSR count). The Labute approximate surface area is 154 Å². The van der Waals surface area contributed by atoms with Crippen LogP contribution in [0.4, 0.5) is 5.82 Å². The van der Waals surface area contributed by atoms with Gasteiger partial charge in [0.1, 0.15) is 0 Å². The quantitative estimate of drug-likeness (QED) is 0.600. The fourth-order valence-corrected chi connectivity index (χ4v) is 3.65. The summed E-state index contributed by atoms with van der Waals surface area (Å²) in [7, 11) is 1.84. The summed E-state index contributed by atoms with van der Waals surface area (Å²) in [6.45, 7) is 4.63. The molecule has 0 spiro atoms. The van der Waals surface area contributed by atoms with E-state index in [0.717, 1.165) is 28.2 Å². The molecule has 7 nitrogen and oxygen atoms in total. The second-order valence-electron chi connectivity index (χ2n) is 5.95. The van der Waals surface area contributed by atoms with Crippen molar-refractivity contribution in [2.24, 2.45) is 7.05 Å². The van der Waals surface area contributed by atoms with Crippen LogP contribution in [0.25, 0.3) is 21.6 Å². The molecule has 0 aliphatic carbocycles. The summed E-state index contributed by atoms with van der Waals surface area (Å²) in [5, 5.41) is 14.4. The second-order valence-corrected chi connectivity index (χ2v) is 6.90. The zero-order chi connectivity index (χ0) is 18.3. The molecular formula is C18H18N6OS. The van der Waals surface area contributed by atoms with Crippen LogP contribution in [-0.2, 0) is 13.6 Å². The third-order valence-electron chi connectivity index (χ3n) is 4.19. The number of aromatic nitrogens is 5. The van der Waals surface area contributed by atoms with Crippen LogP contribution in [-0.4, -0.2) is 30.5 Å². The Bertz CT molecular complexity index is 1090. The van der Waals surface area contributed by atoms with E-state index >= 15 is 0 Å². The average Bonchev–Trinajstić information content (AvgIpc) is 3.36. The first-order valence-corrected chi connectivity index (χ1v) is 9.18. The topological polar surface area (TPSA) is 77.6 Å². The SMILES string of the molecule is CCn1ccc(NC(=O)c2cc(-c3cccs3)nc3c2c(C)nn3C)n1. The van der Waals surface area contributed by atoms with E-state index in [9.17, 15) is 4.79 Å². The van der Waals surface area contributed by atoms with Gasteiger partial charge >= 0.3 is 0 Å². The lowest BCUT2D eigenvalue weighted by Gasteiger charge is -2.07. The Hall–Kier alpha value is -3.00. The molecule has 1 N–H and O–H groups in total. The summed E-state index contributed by atoms with van der Waals surface area (Å²) in [6, 6.07) is 7.58. The summed E-state index contributed by atoms with van der Waals surface area (Å²) >= 11 is 1.59. The number of pyridine rings is 1. The van der Waals surface area contributed by atoms with Gasteiger partial charge in [0, 0.05) is 25.9 Å². The zero-order valence-corrected chi connectivity index (χ0v) is 15.5. The van der Waals surface area contributed by atoms with Crippen LogP contribution in [0.5, 0.6) is 0 Å². The highest BCUT2D eigenvalue weighted by Crippen LogP contribution is 2.29. The molecule has 0 fully saturated rings. The Morgan fingerprint density at radius 2 is 2.15 bits per heavy atom. The highest BCUT2D eigenvalue weighted by molar-refractivity contribution is 7.13. The van der Waals surface area contributed by atoms with Gasteiger partial charge in [0.15, 0.2) is 11.5 Å². The molecule has 0 aliphatic rings. The maximum Gasteiger partial charge on any atom is 0.257 e. The smallest absolute Gasteiger partial charge is 0.257 e. The summed E-state index contributed by atoms with van der Waals surface area (Å²) < 4.78 is 3.48. The summed E-state index contributed by atoms with van der Waals surface area (Å²) in [5.41, 5.74) is 2.78. The normalized spacial score (nSPS) is 11.2. The van der Waals surface area contributed by atoms with E-state index < -0.39 is 0 Å². The summed E-state index contributed by atoms with van der Waals surface area (Å²) in [5.74, 6) is 0.314. The zero-order valence-electron chi connectivity index (χ0n) is 14.7. The number of hydrogen-bond acceptors (Lipinski definition) is 5. The van der Waals surface area contributed by atoms with Crippen molar-refractivity contribution >= 4 is 34.1 Å². The van der Waals surface area contributed by atoms with E-state index in [1.165, 1.54) is 0 Å². The van der Waals surface area contributed by atoms with E-state index in [0.29, 0.717) is 17.0 Å². The lowest BCUT2D eigenvalue weighted by atomic mass is 10.1. The molecule has 8 heteroatoms. The van der Waals surface area contributed by atoms with E-state index in [1.54, 1.807) is 26.8 Å². The molecule has 0 radical (unpaired) electrons. The van der Waals surface area contributed by atoms with E-state index in [4.69, 9.17) is 4.98 Å². The largest absolute Gasteiger partial charge is 0.305 e. The number of thiophene rings is 1. The van der Waals surface area contributed by atoms with Crippen molar-refractivity contribution in [1.29, 1.82) is 0 Å². The van der Waals surface area contributed by atoms with Crippen LogP contribution in [0.3, 0.4) is 0 Å². The molecular weight excluding hydrogens is 348 g/mol. The number of nitrogens with zero attached hydrogens (tertiary/aromatic N) is 5. The molecule has 4 aromatic heterocycles. The highest BCUT2D eigenvalue weighted by atomic mass is 32.1. The first-order chi connectivity index (χ1) is 12.6. The van der Waals surface area contributed by atoms with Gasteiger partial charge < -0.3 is 5.32 Å². The van der Waals surface area contributed by atoms with Gasteiger partial charge in [-0.3, -0.25) is 14.2 Å². The van der Waals surface area contributed by atoms with Gasteiger partial charge in [0.25, 0.3) is 5.91 Å². The van der Waals surface area contributed by atoms with Crippen molar-refractivity contribution in [2.45, 2.75) is 20.4 Å². The summed E-state index contributed by atoms with van der Waals surface area (Å²) in [4.78, 5) is 18.7. The lowest BCUT2D eigenvalue weighted by Crippen LogP contribution is -2.14. The van der Waals surface area contributed by atoms with Gasteiger partial charge in [-0.25, -0.2) is 4.98 Å². The number of carbonyl (C=O) groups is 1. The first kappa shape index (κ1) is 16.5.